The van der Waals surface area contributed by atoms with Crippen LogP contribution in [0.1, 0.15) is 51.4 Å². The second-order valence-corrected chi connectivity index (χ2v) is 10.9. The van der Waals surface area contributed by atoms with Gasteiger partial charge in [0.15, 0.2) is 0 Å². The van der Waals surface area contributed by atoms with Gasteiger partial charge in [0.2, 0.25) is 0 Å². The summed E-state index contributed by atoms with van der Waals surface area (Å²) in [5.41, 5.74) is 3.07. The van der Waals surface area contributed by atoms with Gasteiger partial charge >= 0.3 is 0 Å². The number of benzene rings is 1. The summed E-state index contributed by atoms with van der Waals surface area (Å²) in [6.45, 7) is 6.84. The van der Waals surface area contributed by atoms with E-state index in [0.717, 1.165) is 50.5 Å². The van der Waals surface area contributed by atoms with Crippen LogP contribution >= 0.6 is 11.3 Å². The average molecular weight is 439 g/mol. The summed E-state index contributed by atoms with van der Waals surface area (Å²) in [6.07, 6.45) is 7.17. The second kappa shape index (κ2) is 9.43. The number of hydrogen-bond acceptors (Lipinski definition) is 4. The van der Waals surface area contributed by atoms with Crippen molar-refractivity contribution in [2.45, 2.75) is 57.6 Å². The van der Waals surface area contributed by atoms with E-state index >= 15 is 0 Å². The number of carbonyl (C=O) groups excluding carboxylic acids is 1. The van der Waals surface area contributed by atoms with Crippen molar-refractivity contribution in [2.75, 3.05) is 32.8 Å². The van der Waals surface area contributed by atoms with Gasteiger partial charge in [0, 0.05) is 30.6 Å². The Kier molecular flexibility index (Phi) is 6.44. The molecule has 0 N–H and O–H groups in total. The lowest BCUT2D eigenvalue weighted by molar-refractivity contribution is 0.0433. The minimum atomic E-state index is 0.197. The average Bonchev–Trinajstić information content (AvgIpc) is 3.54. The molecule has 1 aromatic carbocycles. The van der Waals surface area contributed by atoms with Crippen molar-refractivity contribution in [3.8, 4) is 0 Å². The van der Waals surface area contributed by atoms with Crippen LogP contribution in [0.2, 0.25) is 0 Å². The quantitative estimate of drug-likeness (QED) is 0.663. The van der Waals surface area contributed by atoms with Crippen molar-refractivity contribution in [3.05, 3.63) is 57.3 Å². The molecular weight excluding hydrogens is 404 g/mol. The first-order valence-corrected chi connectivity index (χ1v) is 12.8. The number of piperidine rings is 1. The number of thiophene rings is 1. The molecule has 1 aliphatic carbocycles. The number of fused-ring (bicyclic) bond motifs is 1. The van der Waals surface area contributed by atoms with Crippen molar-refractivity contribution < 1.29 is 9.53 Å². The van der Waals surface area contributed by atoms with Crippen molar-refractivity contribution in [2.24, 2.45) is 5.92 Å². The number of ether oxygens (including phenoxy) is 1. The Labute approximate surface area is 190 Å². The summed E-state index contributed by atoms with van der Waals surface area (Å²) in [5, 5.41) is 0. The van der Waals surface area contributed by atoms with E-state index < -0.39 is 0 Å². The molecule has 2 saturated heterocycles. The summed E-state index contributed by atoms with van der Waals surface area (Å²) in [7, 11) is 0. The summed E-state index contributed by atoms with van der Waals surface area (Å²) in [5.74, 6) is 0.786. The Balaban J connectivity index is 1.18. The highest BCUT2D eigenvalue weighted by Gasteiger charge is 2.32. The summed E-state index contributed by atoms with van der Waals surface area (Å²) in [4.78, 5) is 20.2. The molecule has 0 radical (unpaired) electrons. The maximum Gasteiger partial charge on any atom is 0.264 e. The fourth-order valence-corrected chi connectivity index (χ4v) is 6.42. The number of aryl methyl sites for hydroxylation is 1. The largest absolute Gasteiger partial charge is 0.376 e. The molecule has 3 heterocycles. The lowest BCUT2D eigenvalue weighted by Gasteiger charge is -2.38. The molecule has 0 spiro atoms. The lowest BCUT2D eigenvalue weighted by atomic mass is 9.94. The third kappa shape index (κ3) is 4.89. The van der Waals surface area contributed by atoms with Gasteiger partial charge in [-0.3, -0.25) is 9.69 Å². The van der Waals surface area contributed by atoms with Gasteiger partial charge in [0.25, 0.3) is 5.91 Å². The van der Waals surface area contributed by atoms with Gasteiger partial charge in [0.1, 0.15) is 0 Å². The van der Waals surface area contributed by atoms with E-state index in [4.69, 9.17) is 4.74 Å². The van der Waals surface area contributed by atoms with Gasteiger partial charge in [-0.25, -0.2) is 0 Å². The first-order chi connectivity index (χ1) is 15.2. The molecule has 2 aromatic rings. The molecular formula is C26H34N2O2S. The molecule has 166 valence electrons. The van der Waals surface area contributed by atoms with E-state index in [0.29, 0.717) is 12.0 Å². The first kappa shape index (κ1) is 21.2. The highest BCUT2D eigenvalue weighted by molar-refractivity contribution is 7.13. The fraction of sp³-hybridized carbons (Fsp3) is 0.577. The molecule has 1 atom stereocenters. The minimum Gasteiger partial charge on any atom is -0.376 e. The Morgan fingerprint density at radius 2 is 1.81 bits per heavy atom. The number of carbonyl (C=O) groups is 1. The molecule has 0 unspecified atom stereocenters. The van der Waals surface area contributed by atoms with E-state index in [1.54, 1.807) is 11.3 Å². The Hall–Kier alpha value is -1.69. The highest BCUT2D eigenvalue weighted by Crippen LogP contribution is 2.29. The molecule has 3 aliphatic rings. The molecule has 0 saturated carbocycles. The lowest BCUT2D eigenvalue weighted by Crippen LogP contribution is -2.46. The Morgan fingerprint density at radius 3 is 2.42 bits per heavy atom. The molecule has 1 aromatic heterocycles. The summed E-state index contributed by atoms with van der Waals surface area (Å²) < 4.78 is 5.88. The Morgan fingerprint density at radius 1 is 1.06 bits per heavy atom. The number of rotatable bonds is 6. The topological polar surface area (TPSA) is 32.8 Å². The van der Waals surface area contributed by atoms with Crippen LogP contribution in [0.15, 0.2) is 36.4 Å². The number of amides is 1. The zero-order valence-corrected chi connectivity index (χ0v) is 19.4. The van der Waals surface area contributed by atoms with Crippen molar-refractivity contribution >= 4 is 17.2 Å². The van der Waals surface area contributed by atoms with Crippen molar-refractivity contribution in [1.29, 1.82) is 0 Å². The Bertz CT molecular complexity index is 871. The molecule has 4 nitrogen and oxygen atoms in total. The van der Waals surface area contributed by atoms with Gasteiger partial charge in [-0.2, -0.15) is 0 Å². The zero-order chi connectivity index (χ0) is 21.2. The first-order valence-electron chi connectivity index (χ1n) is 11.9. The van der Waals surface area contributed by atoms with Crippen LogP contribution in [0.4, 0.5) is 0 Å². The standard InChI is InChI=1S/C26H34N2O2S/c1-19-8-9-25(31-19)26(29)28(18-24-7-4-14-30-24)17-20-10-12-27(13-11-20)23-15-21-5-2-3-6-22(21)16-23/h2-3,5-6,8-9,20,23-24H,4,7,10-18H2,1H3/t24-/m1/s1. The zero-order valence-electron chi connectivity index (χ0n) is 18.6. The molecule has 2 fully saturated rings. The van der Waals surface area contributed by atoms with Crippen LogP contribution in [-0.4, -0.2) is 60.6 Å². The van der Waals surface area contributed by atoms with Crippen LogP contribution in [-0.2, 0) is 17.6 Å². The van der Waals surface area contributed by atoms with E-state index in [1.165, 1.54) is 41.7 Å². The maximum absolute atomic E-state index is 13.3. The van der Waals surface area contributed by atoms with Crippen LogP contribution in [0.3, 0.4) is 0 Å². The van der Waals surface area contributed by atoms with Crippen LogP contribution in [0, 0.1) is 12.8 Å². The van der Waals surface area contributed by atoms with Crippen LogP contribution < -0.4 is 0 Å². The predicted molar refractivity (Wildman–Crippen MR) is 126 cm³/mol. The third-order valence-corrected chi connectivity index (χ3v) is 8.35. The van der Waals surface area contributed by atoms with Gasteiger partial charge in [0.05, 0.1) is 11.0 Å². The SMILES string of the molecule is Cc1ccc(C(=O)N(CC2CCN(C3Cc4ccccc4C3)CC2)C[C@H]2CCCO2)s1. The maximum atomic E-state index is 13.3. The normalized spacial score (nSPS) is 22.7. The summed E-state index contributed by atoms with van der Waals surface area (Å²) in [6, 6.07) is 13.6. The van der Waals surface area contributed by atoms with E-state index in [2.05, 4.69) is 47.1 Å². The molecule has 2 aliphatic heterocycles. The van der Waals surface area contributed by atoms with Crippen molar-refractivity contribution in [1.82, 2.24) is 9.80 Å². The third-order valence-electron chi connectivity index (χ3n) is 7.36. The van der Waals surface area contributed by atoms with Crippen LogP contribution in [0.25, 0.3) is 0 Å². The minimum absolute atomic E-state index is 0.197. The smallest absolute Gasteiger partial charge is 0.264 e. The van der Waals surface area contributed by atoms with Gasteiger partial charge in [-0.1, -0.05) is 24.3 Å². The molecule has 5 heteroatoms. The molecule has 31 heavy (non-hydrogen) atoms. The fourth-order valence-electron chi connectivity index (χ4n) is 5.59. The predicted octanol–water partition coefficient (Wildman–Crippen LogP) is 4.56. The number of likely N-dealkylation sites (tertiary alicyclic amines) is 1. The second-order valence-electron chi connectivity index (χ2n) is 9.57. The highest BCUT2D eigenvalue weighted by atomic mass is 32.1. The monoisotopic (exact) mass is 438 g/mol. The van der Waals surface area contributed by atoms with Gasteiger partial charge in [-0.05, 0) is 87.7 Å². The molecule has 0 bridgehead atoms. The van der Waals surface area contributed by atoms with Crippen LogP contribution in [0.5, 0.6) is 0 Å². The van der Waals surface area contributed by atoms with E-state index in [1.807, 2.05) is 6.07 Å². The van der Waals surface area contributed by atoms with E-state index in [-0.39, 0.29) is 12.0 Å². The van der Waals surface area contributed by atoms with Gasteiger partial charge < -0.3 is 9.64 Å². The molecule has 5 rings (SSSR count). The number of nitrogens with zero attached hydrogens (tertiary/aromatic N) is 2. The van der Waals surface area contributed by atoms with Gasteiger partial charge in [-0.15, -0.1) is 11.3 Å². The summed E-state index contributed by atoms with van der Waals surface area (Å²) >= 11 is 1.62. The molecule has 1 amide bonds. The number of hydrogen-bond donors (Lipinski definition) is 0. The van der Waals surface area contributed by atoms with Crippen molar-refractivity contribution in [3.63, 3.8) is 0 Å². The van der Waals surface area contributed by atoms with E-state index in [9.17, 15) is 4.79 Å².